The minimum absolute atomic E-state index is 0.0941. The predicted molar refractivity (Wildman–Crippen MR) is 56.5 cm³/mol. The topological polar surface area (TPSA) is 34.9 Å². The lowest BCUT2D eigenvalue weighted by Gasteiger charge is -2.07. The summed E-state index contributed by atoms with van der Waals surface area (Å²) >= 11 is 0. The Kier molecular flexibility index (Phi) is 3.09. The lowest BCUT2D eigenvalue weighted by molar-refractivity contribution is 0.0926. The molecule has 1 unspecified atom stereocenters. The van der Waals surface area contributed by atoms with Crippen LogP contribution in [-0.4, -0.2) is 15.6 Å². The highest BCUT2D eigenvalue weighted by Gasteiger charge is 2.20. The van der Waals surface area contributed by atoms with Crippen LogP contribution in [-0.2, 0) is 7.05 Å². The smallest absolute Gasteiger partial charge is 0.169 e. The molecule has 3 heteroatoms. The number of hydrogen-bond donors (Lipinski definition) is 0. The fraction of sp³-hybridized carbons (Fsp3) is 0.636. The first-order chi connectivity index (χ1) is 6.49. The number of hydrogen-bond acceptors (Lipinski definition) is 2. The van der Waals surface area contributed by atoms with Crippen LogP contribution in [0.2, 0.25) is 0 Å². The number of aryl methyl sites for hydroxylation is 2. The van der Waals surface area contributed by atoms with Crippen molar-refractivity contribution in [3.8, 4) is 0 Å². The zero-order chi connectivity index (χ0) is 10.9. The van der Waals surface area contributed by atoms with Gasteiger partial charge < -0.3 is 0 Å². The van der Waals surface area contributed by atoms with E-state index in [2.05, 4.69) is 5.10 Å². The van der Waals surface area contributed by atoms with Crippen molar-refractivity contribution in [1.82, 2.24) is 9.78 Å². The molecule has 0 N–H and O–H groups in total. The van der Waals surface area contributed by atoms with Gasteiger partial charge in [0, 0.05) is 18.7 Å². The summed E-state index contributed by atoms with van der Waals surface area (Å²) in [5.74, 6) is 0.312. The van der Waals surface area contributed by atoms with Gasteiger partial charge in [-0.05, 0) is 20.3 Å². The van der Waals surface area contributed by atoms with Crippen LogP contribution in [0.5, 0.6) is 0 Å². The quantitative estimate of drug-likeness (QED) is 0.692. The number of carbonyl (C=O) groups is 1. The van der Waals surface area contributed by atoms with Gasteiger partial charge in [0.1, 0.15) is 0 Å². The average molecular weight is 194 g/mol. The second-order valence-electron chi connectivity index (χ2n) is 3.84. The number of aromatic nitrogens is 2. The summed E-state index contributed by atoms with van der Waals surface area (Å²) in [4.78, 5) is 12.0. The van der Waals surface area contributed by atoms with E-state index in [-0.39, 0.29) is 11.7 Å². The Bertz CT molecular complexity index is 352. The Morgan fingerprint density at radius 1 is 1.50 bits per heavy atom. The molecule has 0 saturated carbocycles. The molecule has 1 atom stereocenters. The summed E-state index contributed by atoms with van der Waals surface area (Å²) in [5.41, 5.74) is 2.62. The molecule has 0 saturated heterocycles. The molecule has 0 amide bonds. The SMILES string of the molecule is CCC(C)C(=O)c1c(C)nn(C)c1C. The van der Waals surface area contributed by atoms with E-state index in [0.717, 1.165) is 23.4 Å². The van der Waals surface area contributed by atoms with Crippen molar-refractivity contribution in [1.29, 1.82) is 0 Å². The van der Waals surface area contributed by atoms with E-state index in [4.69, 9.17) is 0 Å². The molecule has 0 aliphatic carbocycles. The second kappa shape index (κ2) is 3.95. The van der Waals surface area contributed by atoms with Gasteiger partial charge in [0.25, 0.3) is 0 Å². The summed E-state index contributed by atoms with van der Waals surface area (Å²) in [6.45, 7) is 7.83. The molecule has 1 heterocycles. The molecule has 1 aromatic rings. The summed E-state index contributed by atoms with van der Waals surface area (Å²) in [7, 11) is 1.87. The third-order valence-corrected chi connectivity index (χ3v) is 2.82. The summed E-state index contributed by atoms with van der Waals surface area (Å²) in [6.07, 6.45) is 0.882. The molecule has 1 rings (SSSR count). The van der Waals surface area contributed by atoms with Gasteiger partial charge in [-0.25, -0.2) is 0 Å². The van der Waals surface area contributed by atoms with Crippen LogP contribution < -0.4 is 0 Å². The molecule has 0 spiro atoms. The molecule has 0 radical (unpaired) electrons. The molecule has 1 aromatic heterocycles. The monoisotopic (exact) mass is 194 g/mol. The first kappa shape index (κ1) is 11.0. The van der Waals surface area contributed by atoms with Gasteiger partial charge in [0.05, 0.1) is 11.3 Å². The van der Waals surface area contributed by atoms with E-state index in [1.165, 1.54) is 0 Å². The van der Waals surface area contributed by atoms with Gasteiger partial charge in [-0.2, -0.15) is 5.10 Å². The van der Waals surface area contributed by atoms with Gasteiger partial charge in [0.2, 0.25) is 0 Å². The summed E-state index contributed by atoms with van der Waals surface area (Å²) in [6, 6.07) is 0. The third-order valence-electron chi connectivity index (χ3n) is 2.82. The zero-order valence-electron chi connectivity index (χ0n) is 9.59. The molecule has 0 fully saturated rings. The Hall–Kier alpha value is -1.12. The number of ketones is 1. The van der Waals surface area contributed by atoms with Crippen LogP contribution in [0.3, 0.4) is 0 Å². The minimum Gasteiger partial charge on any atom is -0.294 e. The van der Waals surface area contributed by atoms with E-state index in [0.29, 0.717) is 0 Å². The minimum atomic E-state index is 0.0941. The van der Waals surface area contributed by atoms with Crippen molar-refractivity contribution in [2.45, 2.75) is 34.1 Å². The average Bonchev–Trinajstić information content (AvgIpc) is 2.39. The maximum Gasteiger partial charge on any atom is 0.169 e. The van der Waals surface area contributed by atoms with Crippen LogP contribution in [0.25, 0.3) is 0 Å². The maximum atomic E-state index is 12.0. The maximum absolute atomic E-state index is 12.0. The zero-order valence-corrected chi connectivity index (χ0v) is 9.59. The molecule has 14 heavy (non-hydrogen) atoms. The molecule has 78 valence electrons. The van der Waals surface area contributed by atoms with Crippen molar-refractivity contribution in [2.24, 2.45) is 13.0 Å². The van der Waals surface area contributed by atoms with Gasteiger partial charge in [-0.15, -0.1) is 0 Å². The molecule has 0 aromatic carbocycles. The van der Waals surface area contributed by atoms with E-state index in [1.54, 1.807) is 4.68 Å². The van der Waals surface area contributed by atoms with Crippen LogP contribution >= 0.6 is 0 Å². The van der Waals surface area contributed by atoms with E-state index in [9.17, 15) is 4.79 Å². The molecule has 0 bridgehead atoms. The van der Waals surface area contributed by atoms with Gasteiger partial charge in [0.15, 0.2) is 5.78 Å². The van der Waals surface area contributed by atoms with Crippen molar-refractivity contribution in [2.75, 3.05) is 0 Å². The Morgan fingerprint density at radius 2 is 2.07 bits per heavy atom. The largest absolute Gasteiger partial charge is 0.294 e. The van der Waals surface area contributed by atoms with Crippen molar-refractivity contribution >= 4 is 5.78 Å². The highest BCUT2D eigenvalue weighted by atomic mass is 16.1. The van der Waals surface area contributed by atoms with Crippen LogP contribution in [0, 0.1) is 19.8 Å². The normalized spacial score (nSPS) is 12.9. The molecular weight excluding hydrogens is 176 g/mol. The number of carbonyl (C=O) groups excluding carboxylic acids is 1. The highest BCUT2D eigenvalue weighted by molar-refractivity contribution is 5.99. The van der Waals surface area contributed by atoms with E-state index >= 15 is 0 Å². The molecule has 0 aliphatic rings. The first-order valence-corrected chi connectivity index (χ1v) is 5.03. The van der Waals surface area contributed by atoms with Crippen molar-refractivity contribution in [3.05, 3.63) is 17.0 Å². The second-order valence-corrected chi connectivity index (χ2v) is 3.84. The van der Waals surface area contributed by atoms with Crippen molar-refractivity contribution in [3.63, 3.8) is 0 Å². The van der Waals surface area contributed by atoms with Crippen molar-refractivity contribution < 1.29 is 4.79 Å². The lowest BCUT2D eigenvalue weighted by Crippen LogP contribution is -2.12. The third kappa shape index (κ3) is 1.72. The van der Waals surface area contributed by atoms with Crippen LogP contribution in [0.4, 0.5) is 0 Å². The van der Waals surface area contributed by atoms with Gasteiger partial charge in [-0.3, -0.25) is 9.48 Å². The van der Waals surface area contributed by atoms with Gasteiger partial charge in [-0.1, -0.05) is 13.8 Å². The van der Waals surface area contributed by atoms with E-state index in [1.807, 2.05) is 34.7 Å². The Morgan fingerprint density at radius 3 is 2.43 bits per heavy atom. The highest BCUT2D eigenvalue weighted by Crippen LogP contribution is 2.18. The number of nitrogens with zero attached hydrogens (tertiary/aromatic N) is 2. The van der Waals surface area contributed by atoms with Crippen LogP contribution in [0.15, 0.2) is 0 Å². The number of Topliss-reactive ketones (excluding diaryl/α,β-unsaturated/α-hetero) is 1. The summed E-state index contributed by atoms with van der Waals surface area (Å²) < 4.78 is 1.77. The summed E-state index contributed by atoms with van der Waals surface area (Å²) in [5, 5.41) is 4.24. The lowest BCUT2D eigenvalue weighted by atomic mass is 9.96. The molecular formula is C11H18N2O. The number of rotatable bonds is 3. The van der Waals surface area contributed by atoms with Crippen LogP contribution in [0.1, 0.15) is 42.0 Å². The Balaban J connectivity index is 3.12. The predicted octanol–water partition coefficient (Wildman–Crippen LogP) is 2.27. The molecule has 3 nitrogen and oxygen atoms in total. The fourth-order valence-electron chi connectivity index (χ4n) is 1.56. The molecule has 0 aliphatic heterocycles. The fourth-order valence-corrected chi connectivity index (χ4v) is 1.56. The van der Waals surface area contributed by atoms with Gasteiger partial charge >= 0.3 is 0 Å². The standard InChI is InChI=1S/C11H18N2O/c1-6-7(2)11(14)10-8(3)12-13(5)9(10)4/h7H,6H2,1-5H3. The Labute approximate surface area is 85.1 Å². The van der Waals surface area contributed by atoms with E-state index < -0.39 is 0 Å². The first-order valence-electron chi connectivity index (χ1n) is 5.03.